The predicted octanol–water partition coefficient (Wildman–Crippen LogP) is 2.95. The van der Waals surface area contributed by atoms with Crippen molar-refractivity contribution in [3.8, 4) is 0 Å². The second kappa shape index (κ2) is 6.61. The van der Waals surface area contributed by atoms with Crippen molar-refractivity contribution in [2.75, 3.05) is 26.3 Å². The van der Waals surface area contributed by atoms with Crippen LogP contribution in [-0.4, -0.2) is 37.1 Å². The Balaban J connectivity index is 1.66. The Morgan fingerprint density at radius 2 is 1.88 bits per heavy atom. The molecule has 0 radical (unpaired) electrons. The molecule has 6 nitrogen and oxygen atoms in total. The fourth-order valence-corrected chi connectivity index (χ4v) is 3.53. The summed E-state index contributed by atoms with van der Waals surface area (Å²) in [6.07, 6.45) is 2.37. The van der Waals surface area contributed by atoms with Crippen molar-refractivity contribution in [3.63, 3.8) is 0 Å². The van der Waals surface area contributed by atoms with E-state index in [4.69, 9.17) is 13.6 Å². The lowest BCUT2D eigenvalue weighted by Gasteiger charge is -2.26. The van der Waals surface area contributed by atoms with Gasteiger partial charge in [0.2, 0.25) is 5.91 Å². The summed E-state index contributed by atoms with van der Waals surface area (Å²) in [6, 6.07) is 3.75. The van der Waals surface area contributed by atoms with Crippen LogP contribution in [0.3, 0.4) is 0 Å². The molecule has 3 heterocycles. The number of hydrogen-bond donors (Lipinski definition) is 0. The highest BCUT2D eigenvalue weighted by atomic mass is 16.5. The number of carbonyl (C=O) groups is 1. The van der Waals surface area contributed by atoms with Gasteiger partial charge in [0.25, 0.3) is 0 Å². The summed E-state index contributed by atoms with van der Waals surface area (Å²) in [5.74, 6) is 0.0494. The first kappa shape index (κ1) is 16.8. The maximum Gasteiger partial charge on any atom is 0.339 e. The second-order valence-corrected chi connectivity index (χ2v) is 6.75. The highest BCUT2D eigenvalue weighted by Crippen LogP contribution is 2.29. The zero-order valence-corrected chi connectivity index (χ0v) is 15.0. The molecule has 1 fully saturated rings. The third-order valence-corrected chi connectivity index (χ3v) is 5.13. The molecule has 26 heavy (non-hydrogen) atoms. The van der Waals surface area contributed by atoms with E-state index in [1.165, 1.54) is 0 Å². The van der Waals surface area contributed by atoms with Crippen LogP contribution in [0.5, 0.6) is 0 Å². The number of rotatable bonds is 3. The number of fused-ring (bicyclic) bond motifs is 2. The molecule has 136 valence electrons. The fourth-order valence-electron chi connectivity index (χ4n) is 3.53. The van der Waals surface area contributed by atoms with Gasteiger partial charge < -0.3 is 18.5 Å². The first-order chi connectivity index (χ1) is 12.5. The molecule has 0 spiro atoms. The van der Waals surface area contributed by atoms with Crippen LogP contribution < -0.4 is 5.63 Å². The third kappa shape index (κ3) is 2.90. The van der Waals surface area contributed by atoms with E-state index in [0.29, 0.717) is 55.9 Å². The van der Waals surface area contributed by atoms with Gasteiger partial charge in [-0.05, 0) is 37.5 Å². The molecule has 6 heteroatoms. The van der Waals surface area contributed by atoms with Crippen LogP contribution >= 0.6 is 0 Å². The van der Waals surface area contributed by atoms with E-state index in [2.05, 4.69) is 0 Å². The van der Waals surface area contributed by atoms with Crippen LogP contribution in [0.15, 0.2) is 32.0 Å². The summed E-state index contributed by atoms with van der Waals surface area (Å²) in [7, 11) is 0. The molecule has 0 atom stereocenters. The summed E-state index contributed by atoms with van der Waals surface area (Å²) >= 11 is 0. The Kier molecular flexibility index (Phi) is 4.28. The van der Waals surface area contributed by atoms with Crippen LogP contribution in [0.4, 0.5) is 0 Å². The summed E-state index contributed by atoms with van der Waals surface area (Å²) in [5.41, 5.74) is 3.31. The Hall–Kier alpha value is -2.60. The van der Waals surface area contributed by atoms with Gasteiger partial charge in [0, 0.05) is 41.9 Å². The average molecular weight is 355 g/mol. The van der Waals surface area contributed by atoms with E-state index in [0.717, 1.165) is 21.9 Å². The molecule has 3 aromatic rings. The van der Waals surface area contributed by atoms with Gasteiger partial charge in [0.05, 0.1) is 19.5 Å². The third-order valence-electron chi connectivity index (χ3n) is 5.13. The van der Waals surface area contributed by atoms with Crippen LogP contribution in [0.2, 0.25) is 0 Å². The predicted molar refractivity (Wildman–Crippen MR) is 97.5 cm³/mol. The molecule has 0 aliphatic carbocycles. The van der Waals surface area contributed by atoms with Crippen molar-refractivity contribution >= 4 is 27.8 Å². The number of aryl methyl sites for hydroxylation is 2. The Labute approximate surface area is 150 Å². The van der Waals surface area contributed by atoms with E-state index in [-0.39, 0.29) is 11.5 Å². The Bertz CT molecular complexity index is 1040. The van der Waals surface area contributed by atoms with E-state index < -0.39 is 0 Å². The first-order valence-electron chi connectivity index (χ1n) is 8.84. The van der Waals surface area contributed by atoms with Crippen LogP contribution in [-0.2, 0) is 16.0 Å². The van der Waals surface area contributed by atoms with Crippen molar-refractivity contribution in [1.29, 1.82) is 0 Å². The highest BCUT2D eigenvalue weighted by Gasteiger charge is 2.19. The number of hydrogen-bond acceptors (Lipinski definition) is 5. The maximum absolute atomic E-state index is 12.4. The summed E-state index contributed by atoms with van der Waals surface area (Å²) in [5, 5.41) is 1.89. The van der Waals surface area contributed by atoms with Crippen molar-refractivity contribution < 1.29 is 18.4 Å². The van der Waals surface area contributed by atoms with Crippen LogP contribution in [0, 0.1) is 13.8 Å². The van der Waals surface area contributed by atoms with Crippen molar-refractivity contribution in [1.82, 2.24) is 4.90 Å². The van der Waals surface area contributed by atoms with Gasteiger partial charge in [0.15, 0.2) is 0 Å². The molecule has 0 N–H and O–H groups in total. The number of furan rings is 1. The van der Waals surface area contributed by atoms with Gasteiger partial charge in [-0.25, -0.2) is 4.79 Å². The summed E-state index contributed by atoms with van der Waals surface area (Å²) in [6.45, 7) is 6.26. The number of amides is 1. The zero-order chi connectivity index (χ0) is 18.3. The summed E-state index contributed by atoms with van der Waals surface area (Å²) in [4.78, 5) is 26.6. The van der Waals surface area contributed by atoms with E-state index >= 15 is 0 Å². The SMILES string of the molecule is Cc1coc2cc3oc(=O)c(CCC(=O)N4CCOCC4)c(C)c3cc12. The average Bonchev–Trinajstić information content (AvgIpc) is 3.01. The normalized spacial score (nSPS) is 15.1. The topological polar surface area (TPSA) is 72.9 Å². The lowest BCUT2D eigenvalue weighted by molar-refractivity contribution is -0.135. The lowest BCUT2D eigenvalue weighted by atomic mass is 10.0. The van der Waals surface area contributed by atoms with E-state index in [9.17, 15) is 9.59 Å². The highest BCUT2D eigenvalue weighted by molar-refractivity contribution is 5.96. The Morgan fingerprint density at radius 3 is 2.65 bits per heavy atom. The maximum atomic E-state index is 12.4. The van der Waals surface area contributed by atoms with Gasteiger partial charge >= 0.3 is 5.63 Å². The molecule has 1 aliphatic rings. The van der Waals surface area contributed by atoms with Crippen molar-refractivity contribution in [2.24, 2.45) is 0 Å². The van der Waals surface area contributed by atoms with Crippen molar-refractivity contribution in [3.05, 3.63) is 45.5 Å². The van der Waals surface area contributed by atoms with Gasteiger partial charge in [-0.1, -0.05) is 0 Å². The summed E-state index contributed by atoms with van der Waals surface area (Å²) < 4.78 is 16.3. The molecule has 0 unspecified atom stereocenters. The van der Waals surface area contributed by atoms with Gasteiger partial charge in [0.1, 0.15) is 11.2 Å². The molecular formula is C20H21NO5. The van der Waals surface area contributed by atoms with E-state index in [1.54, 1.807) is 17.2 Å². The van der Waals surface area contributed by atoms with Gasteiger partial charge in [-0.3, -0.25) is 4.79 Å². The molecule has 2 aromatic heterocycles. The number of benzene rings is 1. The standard InChI is InChI=1S/C20H21NO5/c1-12-11-25-17-10-18-16(9-15(12)17)13(2)14(20(23)26-18)3-4-19(22)21-5-7-24-8-6-21/h9-11H,3-8H2,1-2H3. The molecule has 4 rings (SSSR count). The second-order valence-electron chi connectivity index (χ2n) is 6.75. The molecule has 1 aliphatic heterocycles. The molecule has 1 aromatic carbocycles. The first-order valence-corrected chi connectivity index (χ1v) is 8.84. The van der Waals surface area contributed by atoms with E-state index in [1.807, 2.05) is 19.9 Å². The fraction of sp³-hybridized carbons (Fsp3) is 0.400. The molecule has 1 amide bonds. The quantitative estimate of drug-likeness (QED) is 0.676. The minimum absolute atomic E-state index is 0.0494. The van der Waals surface area contributed by atoms with Crippen molar-refractivity contribution in [2.45, 2.75) is 26.7 Å². The minimum atomic E-state index is -0.382. The Morgan fingerprint density at radius 1 is 1.12 bits per heavy atom. The molecule has 0 saturated carbocycles. The number of ether oxygens (including phenoxy) is 1. The van der Waals surface area contributed by atoms with Gasteiger partial charge in [-0.15, -0.1) is 0 Å². The largest absolute Gasteiger partial charge is 0.464 e. The molecular weight excluding hydrogens is 334 g/mol. The van der Waals surface area contributed by atoms with Gasteiger partial charge in [-0.2, -0.15) is 0 Å². The zero-order valence-electron chi connectivity index (χ0n) is 15.0. The van der Waals surface area contributed by atoms with Crippen LogP contribution in [0.1, 0.15) is 23.1 Å². The monoisotopic (exact) mass is 355 g/mol. The molecule has 1 saturated heterocycles. The number of nitrogens with zero attached hydrogens (tertiary/aromatic N) is 1. The number of carbonyl (C=O) groups excluding carboxylic acids is 1. The number of morpholine rings is 1. The lowest BCUT2D eigenvalue weighted by Crippen LogP contribution is -2.40. The molecule has 0 bridgehead atoms. The minimum Gasteiger partial charge on any atom is -0.464 e. The smallest absolute Gasteiger partial charge is 0.339 e. The van der Waals surface area contributed by atoms with Crippen LogP contribution in [0.25, 0.3) is 21.9 Å².